The van der Waals surface area contributed by atoms with E-state index in [1.54, 1.807) is 12.1 Å². The van der Waals surface area contributed by atoms with Crippen LogP contribution in [0.1, 0.15) is 24.5 Å². The lowest BCUT2D eigenvalue weighted by molar-refractivity contribution is -0.132. The number of halogens is 2. The second-order valence-electron chi connectivity index (χ2n) is 6.67. The molecule has 1 atom stereocenters. The van der Waals surface area contributed by atoms with Crippen LogP contribution in [-0.4, -0.2) is 30.1 Å². The molecule has 0 bridgehead atoms. The molecule has 0 spiro atoms. The van der Waals surface area contributed by atoms with Gasteiger partial charge in [0.25, 0.3) is 5.91 Å². The van der Waals surface area contributed by atoms with E-state index in [1.165, 1.54) is 29.2 Å². The lowest BCUT2D eigenvalue weighted by Gasteiger charge is -2.26. The summed E-state index contributed by atoms with van der Waals surface area (Å²) in [6.07, 6.45) is 0.349. The summed E-state index contributed by atoms with van der Waals surface area (Å²) < 4.78 is 25.2. The molecule has 0 aliphatic carbocycles. The van der Waals surface area contributed by atoms with Gasteiger partial charge in [-0.15, -0.1) is 0 Å². The fourth-order valence-corrected chi connectivity index (χ4v) is 3.99. The molecule has 6 nitrogen and oxygen atoms in total. The van der Waals surface area contributed by atoms with Gasteiger partial charge in [-0.25, -0.2) is 9.18 Å². The monoisotopic (exact) mass is 448 g/mol. The average Bonchev–Trinajstić information content (AvgIpc) is 2.94. The Morgan fingerprint density at radius 3 is 2.43 bits per heavy atom. The fraction of sp³-hybridized carbons (Fsp3) is 0.300. The van der Waals surface area contributed by atoms with E-state index in [1.807, 2.05) is 6.92 Å². The number of ether oxygens (including phenoxy) is 2. The van der Waals surface area contributed by atoms with Crippen molar-refractivity contribution in [3.05, 3.63) is 57.8 Å². The minimum atomic E-state index is -1.20. The standard InChI is InChI=1S/C20H18BrFN2O4/c1-2-20(13-3-5-14(22)6-4-13)18(25)24(19(26)23-20)11-12-9-16-17(10-15(12)21)28-8-7-27-16/h3-6,9-10H,2,7-8,11H2,1H3,(H,23,26). The normalized spacial score (nSPS) is 21.0. The van der Waals surface area contributed by atoms with Crippen molar-refractivity contribution in [2.75, 3.05) is 13.2 Å². The molecule has 1 N–H and O–H groups in total. The number of hydrogen-bond acceptors (Lipinski definition) is 4. The van der Waals surface area contributed by atoms with Crippen molar-refractivity contribution in [3.8, 4) is 11.5 Å². The quantitative estimate of drug-likeness (QED) is 0.723. The van der Waals surface area contributed by atoms with E-state index in [-0.39, 0.29) is 12.5 Å². The van der Waals surface area contributed by atoms with Crippen LogP contribution in [0.3, 0.4) is 0 Å². The van der Waals surface area contributed by atoms with Crippen LogP contribution >= 0.6 is 15.9 Å². The summed E-state index contributed by atoms with van der Waals surface area (Å²) in [5.74, 6) is 0.433. The molecule has 4 rings (SSSR count). The van der Waals surface area contributed by atoms with E-state index in [0.717, 1.165) is 5.56 Å². The van der Waals surface area contributed by atoms with Crippen LogP contribution < -0.4 is 14.8 Å². The predicted octanol–water partition coefficient (Wildman–Crippen LogP) is 3.72. The van der Waals surface area contributed by atoms with Crippen LogP contribution in [0.4, 0.5) is 9.18 Å². The summed E-state index contributed by atoms with van der Waals surface area (Å²) >= 11 is 3.47. The third kappa shape index (κ3) is 3.01. The molecular formula is C20H18BrFN2O4. The highest BCUT2D eigenvalue weighted by Gasteiger charge is 2.51. The van der Waals surface area contributed by atoms with Crippen LogP contribution in [0.5, 0.6) is 11.5 Å². The van der Waals surface area contributed by atoms with Crippen molar-refractivity contribution in [1.82, 2.24) is 10.2 Å². The van der Waals surface area contributed by atoms with Crippen molar-refractivity contribution >= 4 is 27.9 Å². The molecule has 2 heterocycles. The number of urea groups is 1. The maximum Gasteiger partial charge on any atom is 0.325 e. The third-order valence-electron chi connectivity index (χ3n) is 5.08. The van der Waals surface area contributed by atoms with Gasteiger partial charge in [0.1, 0.15) is 24.6 Å². The minimum Gasteiger partial charge on any atom is -0.486 e. The van der Waals surface area contributed by atoms with Crippen molar-refractivity contribution in [2.24, 2.45) is 0 Å². The van der Waals surface area contributed by atoms with E-state index in [0.29, 0.717) is 41.2 Å². The molecule has 0 radical (unpaired) electrons. The van der Waals surface area contributed by atoms with E-state index in [2.05, 4.69) is 21.2 Å². The van der Waals surface area contributed by atoms with Gasteiger partial charge in [0.2, 0.25) is 0 Å². The smallest absolute Gasteiger partial charge is 0.325 e. The van der Waals surface area contributed by atoms with Gasteiger partial charge < -0.3 is 14.8 Å². The Morgan fingerprint density at radius 1 is 1.14 bits per heavy atom. The summed E-state index contributed by atoms with van der Waals surface area (Å²) in [6, 6.07) is 8.68. The fourth-order valence-electron chi connectivity index (χ4n) is 3.54. The summed E-state index contributed by atoms with van der Waals surface area (Å²) in [5.41, 5.74) is 0.0719. The summed E-state index contributed by atoms with van der Waals surface area (Å²) in [4.78, 5) is 27.1. The van der Waals surface area contributed by atoms with E-state index in [4.69, 9.17) is 9.47 Å². The van der Waals surface area contributed by atoms with Gasteiger partial charge in [0.15, 0.2) is 11.5 Å². The number of benzene rings is 2. The van der Waals surface area contributed by atoms with Crippen LogP contribution in [0.2, 0.25) is 0 Å². The Kier molecular flexibility index (Phi) is 4.74. The lowest BCUT2D eigenvalue weighted by Crippen LogP contribution is -2.43. The van der Waals surface area contributed by atoms with Crippen molar-refractivity contribution in [2.45, 2.75) is 25.4 Å². The first-order valence-electron chi connectivity index (χ1n) is 8.93. The number of fused-ring (bicyclic) bond motifs is 1. The molecule has 0 aromatic heterocycles. The average molecular weight is 449 g/mol. The molecule has 3 amide bonds. The van der Waals surface area contributed by atoms with Gasteiger partial charge in [-0.3, -0.25) is 9.69 Å². The van der Waals surface area contributed by atoms with Crippen molar-refractivity contribution in [1.29, 1.82) is 0 Å². The molecule has 1 fully saturated rings. The van der Waals surface area contributed by atoms with Gasteiger partial charge in [0.05, 0.1) is 6.54 Å². The molecular weight excluding hydrogens is 431 g/mol. The van der Waals surface area contributed by atoms with Gasteiger partial charge in [-0.2, -0.15) is 0 Å². The van der Waals surface area contributed by atoms with Crippen LogP contribution in [0, 0.1) is 5.82 Å². The molecule has 28 heavy (non-hydrogen) atoms. The van der Waals surface area contributed by atoms with E-state index >= 15 is 0 Å². The zero-order chi connectivity index (χ0) is 19.9. The molecule has 1 unspecified atom stereocenters. The number of nitrogens with one attached hydrogen (secondary N) is 1. The van der Waals surface area contributed by atoms with Crippen molar-refractivity contribution in [3.63, 3.8) is 0 Å². The molecule has 0 saturated carbocycles. The Morgan fingerprint density at radius 2 is 1.79 bits per heavy atom. The highest BCUT2D eigenvalue weighted by molar-refractivity contribution is 9.10. The molecule has 2 aromatic carbocycles. The Labute approximate surface area is 169 Å². The zero-order valence-corrected chi connectivity index (χ0v) is 16.7. The topological polar surface area (TPSA) is 67.9 Å². The SMILES string of the molecule is CCC1(c2ccc(F)cc2)NC(=O)N(Cc2cc3c(cc2Br)OCCO3)C1=O. The van der Waals surface area contributed by atoms with Crippen molar-refractivity contribution < 1.29 is 23.5 Å². The molecule has 146 valence electrons. The molecule has 2 aliphatic rings. The highest BCUT2D eigenvalue weighted by atomic mass is 79.9. The van der Waals surface area contributed by atoms with Gasteiger partial charge in [-0.05, 0) is 41.8 Å². The summed E-state index contributed by atoms with van der Waals surface area (Å²) in [7, 11) is 0. The number of hydrogen-bond donors (Lipinski definition) is 1. The molecule has 2 aliphatic heterocycles. The number of amides is 3. The predicted molar refractivity (Wildman–Crippen MR) is 103 cm³/mol. The first kappa shape index (κ1) is 18.7. The second-order valence-corrected chi connectivity index (χ2v) is 7.53. The molecule has 8 heteroatoms. The second kappa shape index (κ2) is 7.09. The molecule has 1 saturated heterocycles. The number of rotatable bonds is 4. The van der Waals surface area contributed by atoms with Gasteiger partial charge >= 0.3 is 6.03 Å². The maximum atomic E-state index is 13.3. The molecule has 2 aromatic rings. The maximum absolute atomic E-state index is 13.3. The minimum absolute atomic E-state index is 0.0742. The first-order chi connectivity index (χ1) is 13.4. The van der Waals surface area contributed by atoms with E-state index < -0.39 is 17.4 Å². The van der Waals surface area contributed by atoms with E-state index in [9.17, 15) is 14.0 Å². The van der Waals surface area contributed by atoms with Crippen LogP contribution in [0.15, 0.2) is 40.9 Å². The third-order valence-corrected chi connectivity index (χ3v) is 5.82. The Hall–Kier alpha value is -2.61. The van der Waals surface area contributed by atoms with Crippen LogP contribution in [0.25, 0.3) is 0 Å². The zero-order valence-electron chi connectivity index (χ0n) is 15.1. The van der Waals surface area contributed by atoms with Gasteiger partial charge in [0, 0.05) is 4.47 Å². The number of carbonyl (C=O) groups is 2. The largest absolute Gasteiger partial charge is 0.486 e. The number of nitrogens with zero attached hydrogens (tertiary/aromatic N) is 1. The summed E-state index contributed by atoms with van der Waals surface area (Å²) in [6.45, 7) is 2.80. The Bertz CT molecular complexity index is 950. The number of imide groups is 1. The lowest BCUT2D eigenvalue weighted by atomic mass is 9.87. The Balaban J connectivity index is 1.65. The number of carbonyl (C=O) groups excluding carboxylic acids is 2. The van der Waals surface area contributed by atoms with Crippen LogP contribution in [-0.2, 0) is 16.9 Å². The van der Waals surface area contributed by atoms with Gasteiger partial charge in [-0.1, -0.05) is 35.0 Å². The summed E-state index contributed by atoms with van der Waals surface area (Å²) in [5, 5.41) is 2.80. The highest BCUT2D eigenvalue weighted by Crippen LogP contribution is 2.38. The first-order valence-corrected chi connectivity index (χ1v) is 9.72.